The highest BCUT2D eigenvalue weighted by Gasteiger charge is 2.41. The highest BCUT2D eigenvalue weighted by atomic mass is 16.1. The van der Waals surface area contributed by atoms with Crippen LogP contribution in [0.4, 0.5) is 0 Å². The lowest BCUT2D eigenvalue weighted by Gasteiger charge is -2.22. The van der Waals surface area contributed by atoms with Crippen LogP contribution in [0.25, 0.3) is 44.4 Å². The number of nitrogens with one attached hydrogen (secondary N) is 2. The summed E-state index contributed by atoms with van der Waals surface area (Å²) >= 11 is 0. The van der Waals surface area contributed by atoms with Gasteiger partial charge in [0.15, 0.2) is 0 Å². The van der Waals surface area contributed by atoms with E-state index in [0.29, 0.717) is 16.6 Å². The minimum Gasteiger partial charge on any atom is -0.342 e. The molecule has 0 saturated heterocycles. The molecule has 5 nitrogen and oxygen atoms in total. The molecule has 3 aromatic carbocycles. The molecule has 0 aliphatic heterocycles. The maximum Gasteiger partial charge on any atom is 0.258 e. The van der Waals surface area contributed by atoms with E-state index >= 15 is 0 Å². The molecule has 0 atom stereocenters. The summed E-state index contributed by atoms with van der Waals surface area (Å²) in [5.41, 5.74) is 11.2. The number of benzene rings is 3. The van der Waals surface area contributed by atoms with Crippen molar-refractivity contribution in [2.24, 2.45) is 5.41 Å². The number of hydrogen-bond donors (Lipinski definition) is 2. The third kappa shape index (κ3) is 3.72. The van der Waals surface area contributed by atoms with Gasteiger partial charge in [-0.15, -0.1) is 0 Å². The van der Waals surface area contributed by atoms with Crippen molar-refractivity contribution in [1.82, 2.24) is 19.9 Å². The third-order valence-corrected chi connectivity index (χ3v) is 8.54. The van der Waals surface area contributed by atoms with Crippen molar-refractivity contribution in [3.05, 3.63) is 93.9 Å². The molecule has 184 valence electrons. The van der Waals surface area contributed by atoms with Crippen LogP contribution in [-0.2, 0) is 12.8 Å². The first-order chi connectivity index (χ1) is 18.0. The van der Waals surface area contributed by atoms with Crippen molar-refractivity contribution < 1.29 is 0 Å². The quantitative estimate of drug-likeness (QED) is 0.291. The van der Waals surface area contributed by atoms with Crippen LogP contribution in [0.2, 0.25) is 0 Å². The molecule has 7 rings (SSSR count). The van der Waals surface area contributed by atoms with Crippen molar-refractivity contribution in [2.75, 3.05) is 0 Å². The van der Waals surface area contributed by atoms with Gasteiger partial charge in [-0.1, -0.05) is 55.3 Å². The van der Waals surface area contributed by atoms with E-state index in [1.807, 2.05) is 32.2 Å². The smallest absolute Gasteiger partial charge is 0.258 e. The summed E-state index contributed by atoms with van der Waals surface area (Å²) in [4.78, 5) is 27.8. The molecule has 0 amide bonds. The fraction of sp³-hybridized carbons (Fsp3) is 0.281. The summed E-state index contributed by atoms with van der Waals surface area (Å²) in [6, 6.07) is 19.6. The van der Waals surface area contributed by atoms with E-state index in [4.69, 9.17) is 0 Å². The Bertz CT molecular complexity index is 1720. The van der Waals surface area contributed by atoms with E-state index in [1.165, 1.54) is 53.5 Å². The molecule has 2 aliphatic carbocycles. The molecule has 2 aliphatic rings. The number of aromatic nitrogens is 4. The standard InChI is InChI=1S/C32H30N4O/c1-19-33-18-30(34-19)22-7-5-21(6-8-22)24-10-11-25(28-17-32(16-27(24)28)13-3-4-14-32)23-9-12-29-26(15-23)31(37)36-20(2)35-29/h5-12,15,18H,3-4,13-14,16-17H2,1-2H3,(H,33,34)(H,35,36,37). The summed E-state index contributed by atoms with van der Waals surface area (Å²) in [6.07, 6.45) is 9.42. The Kier molecular flexibility index (Phi) is 4.97. The van der Waals surface area contributed by atoms with E-state index in [1.54, 1.807) is 0 Å². The van der Waals surface area contributed by atoms with E-state index in [2.05, 4.69) is 62.4 Å². The lowest BCUT2D eigenvalue weighted by Crippen LogP contribution is -2.15. The van der Waals surface area contributed by atoms with Gasteiger partial charge in [0.2, 0.25) is 0 Å². The van der Waals surface area contributed by atoms with Crippen molar-refractivity contribution in [3.63, 3.8) is 0 Å². The van der Waals surface area contributed by atoms with Gasteiger partial charge in [0.1, 0.15) is 11.6 Å². The zero-order chi connectivity index (χ0) is 25.1. The average Bonchev–Trinajstić information content (AvgIpc) is 3.63. The Morgan fingerprint density at radius 1 is 0.757 bits per heavy atom. The lowest BCUT2D eigenvalue weighted by molar-refractivity contribution is 0.318. The maximum absolute atomic E-state index is 12.7. The number of hydrogen-bond acceptors (Lipinski definition) is 3. The van der Waals surface area contributed by atoms with Crippen LogP contribution in [0.1, 0.15) is 48.5 Å². The largest absolute Gasteiger partial charge is 0.342 e. The SMILES string of the molecule is Cc1ncc(-c2ccc(-c3ccc(-c4ccc5nc(C)[nH]c(=O)c5c4)c4c3CC3(CCCC3)C4)cc2)[nH]1. The number of H-pyrrole nitrogens is 2. The minimum absolute atomic E-state index is 0.0718. The minimum atomic E-state index is -0.0718. The lowest BCUT2D eigenvalue weighted by atomic mass is 9.82. The maximum atomic E-state index is 12.7. The van der Waals surface area contributed by atoms with Gasteiger partial charge in [-0.25, -0.2) is 9.97 Å². The number of imidazole rings is 1. The number of aromatic amines is 2. The molecular formula is C32H30N4O. The van der Waals surface area contributed by atoms with Gasteiger partial charge in [0.25, 0.3) is 5.56 Å². The predicted octanol–water partition coefficient (Wildman–Crippen LogP) is 6.92. The molecule has 0 bridgehead atoms. The molecule has 37 heavy (non-hydrogen) atoms. The van der Waals surface area contributed by atoms with Gasteiger partial charge in [-0.2, -0.15) is 0 Å². The Hall–Kier alpha value is -3.99. The number of aryl methyl sites for hydroxylation is 2. The van der Waals surface area contributed by atoms with Crippen LogP contribution < -0.4 is 5.56 Å². The molecule has 1 fully saturated rings. The topological polar surface area (TPSA) is 74.4 Å². The van der Waals surface area contributed by atoms with Crippen LogP contribution >= 0.6 is 0 Å². The van der Waals surface area contributed by atoms with Gasteiger partial charge in [0, 0.05) is 0 Å². The number of rotatable bonds is 3. The van der Waals surface area contributed by atoms with E-state index in [0.717, 1.165) is 41.0 Å². The summed E-state index contributed by atoms with van der Waals surface area (Å²) < 4.78 is 0. The van der Waals surface area contributed by atoms with Crippen LogP contribution in [-0.4, -0.2) is 19.9 Å². The first kappa shape index (κ1) is 22.2. The fourth-order valence-corrected chi connectivity index (χ4v) is 6.75. The van der Waals surface area contributed by atoms with Crippen molar-refractivity contribution >= 4 is 10.9 Å². The van der Waals surface area contributed by atoms with Crippen LogP contribution in [0.3, 0.4) is 0 Å². The normalized spacial score (nSPS) is 16.1. The monoisotopic (exact) mass is 486 g/mol. The first-order valence-electron chi connectivity index (χ1n) is 13.3. The Morgan fingerprint density at radius 3 is 2.08 bits per heavy atom. The Morgan fingerprint density at radius 2 is 1.41 bits per heavy atom. The van der Waals surface area contributed by atoms with Gasteiger partial charge < -0.3 is 9.97 Å². The summed E-state index contributed by atoms with van der Waals surface area (Å²) in [5, 5.41) is 0.652. The molecule has 2 N–H and O–H groups in total. The third-order valence-electron chi connectivity index (χ3n) is 8.54. The molecule has 0 unspecified atom stereocenters. The zero-order valence-electron chi connectivity index (χ0n) is 21.3. The molecule has 1 saturated carbocycles. The van der Waals surface area contributed by atoms with Gasteiger partial charge in [0.05, 0.1) is 22.8 Å². The van der Waals surface area contributed by atoms with Gasteiger partial charge in [-0.3, -0.25) is 4.79 Å². The molecule has 2 aromatic heterocycles. The Labute approximate surface area is 216 Å². The van der Waals surface area contributed by atoms with Crippen molar-refractivity contribution in [3.8, 4) is 33.5 Å². The highest BCUT2D eigenvalue weighted by Crippen LogP contribution is 2.53. The van der Waals surface area contributed by atoms with E-state index in [9.17, 15) is 4.79 Å². The second-order valence-corrected chi connectivity index (χ2v) is 11.0. The van der Waals surface area contributed by atoms with E-state index in [-0.39, 0.29) is 5.56 Å². The van der Waals surface area contributed by atoms with Gasteiger partial charge >= 0.3 is 0 Å². The molecular weight excluding hydrogens is 456 g/mol. The first-order valence-corrected chi connectivity index (χ1v) is 13.3. The molecule has 5 aromatic rings. The zero-order valence-corrected chi connectivity index (χ0v) is 21.3. The van der Waals surface area contributed by atoms with E-state index < -0.39 is 0 Å². The fourth-order valence-electron chi connectivity index (χ4n) is 6.75. The average molecular weight is 487 g/mol. The highest BCUT2D eigenvalue weighted by molar-refractivity contribution is 5.86. The molecule has 5 heteroatoms. The molecule has 0 radical (unpaired) electrons. The van der Waals surface area contributed by atoms with Crippen molar-refractivity contribution in [1.29, 1.82) is 0 Å². The summed E-state index contributed by atoms with van der Waals surface area (Å²) in [5.74, 6) is 1.57. The number of fused-ring (bicyclic) bond motifs is 2. The summed E-state index contributed by atoms with van der Waals surface area (Å²) in [7, 11) is 0. The second kappa shape index (κ2) is 8.27. The van der Waals surface area contributed by atoms with Crippen LogP contribution in [0.5, 0.6) is 0 Å². The van der Waals surface area contributed by atoms with Gasteiger partial charge in [-0.05, 0) is 96.0 Å². The number of nitrogens with zero attached hydrogens (tertiary/aromatic N) is 2. The Balaban J connectivity index is 1.35. The van der Waals surface area contributed by atoms with Crippen LogP contribution in [0.15, 0.2) is 65.6 Å². The van der Waals surface area contributed by atoms with Crippen molar-refractivity contribution in [2.45, 2.75) is 52.4 Å². The van der Waals surface area contributed by atoms with Crippen LogP contribution in [0, 0.1) is 19.3 Å². The second-order valence-electron chi connectivity index (χ2n) is 11.0. The molecule has 1 spiro atoms. The molecule has 2 heterocycles. The summed E-state index contributed by atoms with van der Waals surface area (Å²) in [6.45, 7) is 3.80. The predicted molar refractivity (Wildman–Crippen MR) is 149 cm³/mol.